The largest absolute Gasteiger partial charge is 0.350 e. The van der Waals surface area contributed by atoms with E-state index in [0.29, 0.717) is 18.2 Å². The molecular formula is C22H23N5OS3. The summed E-state index contributed by atoms with van der Waals surface area (Å²) in [5.74, 6) is 2.62. The molecule has 6 nitrogen and oxygen atoms in total. The van der Waals surface area contributed by atoms with E-state index in [9.17, 15) is 4.79 Å². The normalized spacial score (nSPS) is 18.5. The second-order valence-electron chi connectivity index (χ2n) is 8.56. The summed E-state index contributed by atoms with van der Waals surface area (Å²) < 4.78 is 2.14. The first-order chi connectivity index (χ1) is 15.2. The number of rotatable bonds is 6. The van der Waals surface area contributed by atoms with Crippen molar-refractivity contribution in [3.05, 3.63) is 38.7 Å². The lowest BCUT2D eigenvalue weighted by atomic mass is 9.89. The summed E-state index contributed by atoms with van der Waals surface area (Å²) in [7, 11) is 0. The summed E-state index contributed by atoms with van der Waals surface area (Å²) in [4.78, 5) is 21.3. The number of fused-ring (bicyclic) bond motifs is 5. The van der Waals surface area contributed by atoms with E-state index in [0.717, 1.165) is 45.1 Å². The Morgan fingerprint density at radius 3 is 3.03 bits per heavy atom. The van der Waals surface area contributed by atoms with Gasteiger partial charge in [-0.05, 0) is 55.0 Å². The summed E-state index contributed by atoms with van der Waals surface area (Å²) >= 11 is 4.96. The fraction of sp³-hybridized carbons (Fsp3) is 0.455. The predicted octanol–water partition coefficient (Wildman–Crippen LogP) is 4.81. The molecule has 2 aliphatic rings. The van der Waals surface area contributed by atoms with Gasteiger partial charge in [-0.15, -0.1) is 32.9 Å². The molecule has 0 unspecified atom stereocenters. The number of carbonyl (C=O) groups is 1. The SMILES string of the molecule is C[C@H]1CCc2c(sc3nc(C4CC4)n4c(SCC(=O)NCc5cccs5)nnc4c23)C1. The molecule has 1 atom stereocenters. The number of amides is 1. The number of carbonyl (C=O) groups excluding carboxylic acids is 1. The maximum absolute atomic E-state index is 12.4. The number of hydrogen-bond donors (Lipinski definition) is 1. The van der Waals surface area contributed by atoms with Crippen LogP contribution in [0.4, 0.5) is 0 Å². The van der Waals surface area contributed by atoms with Crippen LogP contribution in [0, 0.1) is 5.92 Å². The Balaban J connectivity index is 1.32. The van der Waals surface area contributed by atoms with Crippen LogP contribution in [-0.4, -0.2) is 31.2 Å². The third kappa shape index (κ3) is 3.66. The highest BCUT2D eigenvalue weighted by molar-refractivity contribution is 7.99. The second-order valence-corrected chi connectivity index (χ2v) is 11.6. The molecule has 1 amide bonds. The van der Waals surface area contributed by atoms with Gasteiger partial charge in [0, 0.05) is 15.7 Å². The number of thiophene rings is 2. The Morgan fingerprint density at radius 2 is 2.23 bits per heavy atom. The first-order valence-corrected chi connectivity index (χ1v) is 13.5. The summed E-state index contributed by atoms with van der Waals surface area (Å²) in [5.41, 5.74) is 2.36. The van der Waals surface area contributed by atoms with E-state index in [2.05, 4.69) is 26.8 Å². The Labute approximate surface area is 192 Å². The van der Waals surface area contributed by atoms with Crippen molar-refractivity contribution < 1.29 is 4.79 Å². The van der Waals surface area contributed by atoms with Gasteiger partial charge in [-0.25, -0.2) is 4.98 Å². The van der Waals surface area contributed by atoms with Crippen LogP contribution < -0.4 is 5.32 Å². The molecule has 6 rings (SSSR count). The van der Waals surface area contributed by atoms with Crippen LogP contribution in [0.3, 0.4) is 0 Å². The van der Waals surface area contributed by atoms with Crippen LogP contribution in [-0.2, 0) is 24.2 Å². The second kappa shape index (κ2) is 7.86. The van der Waals surface area contributed by atoms with Crippen molar-refractivity contribution in [1.82, 2.24) is 24.9 Å². The van der Waals surface area contributed by atoms with Crippen molar-refractivity contribution >= 4 is 56.2 Å². The number of thioether (sulfide) groups is 1. The fourth-order valence-corrected chi connectivity index (χ4v) is 7.13. The molecule has 2 aliphatic carbocycles. The number of hydrogen-bond acceptors (Lipinski definition) is 7. The van der Waals surface area contributed by atoms with Crippen molar-refractivity contribution in [1.29, 1.82) is 0 Å². The number of nitrogens with one attached hydrogen (secondary N) is 1. The molecular weight excluding hydrogens is 446 g/mol. The molecule has 31 heavy (non-hydrogen) atoms. The van der Waals surface area contributed by atoms with E-state index in [1.807, 2.05) is 28.8 Å². The van der Waals surface area contributed by atoms with Crippen LogP contribution >= 0.6 is 34.4 Å². The maximum Gasteiger partial charge on any atom is 0.230 e. The lowest BCUT2D eigenvalue weighted by Gasteiger charge is -2.17. The zero-order chi connectivity index (χ0) is 20.9. The quantitative estimate of drug-likeness (QED) is 0.410. The molecule has 0 aromatic carbocycles. The highest BCUT2D eigenvalue weighted by atomic mass is 32.2. The van der Waals surface area contributed by atoms with E-state index in [-0.39, 0.29) is 5.91 Å². The molecule has 0 aliphatic heterocycles. The van der Waals surface area contributed by atoms with E-state index >= 15 is 0 Å². The number of aromatic nitrogens is 4. The van der Waals surface area contributed by atoms with Gasteiger partial charge in [0.15, 0.2) is 10.8 Å². The van der Waals surface area contributed by atoms with Crippen LogP contribution in [0.2, 0.25) is 0 Å². The lowest BCUT2D eigenvalue weighted by molar-refractivity contribution is -0.118. The minimum absolute atomic E-state index is 0.0130. The van der Waals surface area contributed by atoms with Crippen LogP contribution in [0.5, 0.6) is 0 Å². The average Bonchev–Trinajstić information content (AvgIpc) is 3.16. The number of nitrogens with zero attached hydrogens (tertiary/aromatic N) is 4. The molecule has 1 saturated carbocycles. The molecule has 0 radical (unpaired) electrons. The van der Waals surface area contributed by atoms with Gasteiger partial charge in [0.05, 0.1) is 17.7 Å². The van der Waals surface area contributed by atoms with Crippen LogP contribution in [0.25, 0.3) is 15.9 Å². The molecule has 4 heterocycles. The van der Waals surface area contributed by atoms with Gasteiger partial charge in [0.2, 0.25) is 5.91 Å². The van der Waals surface area contributed by atoms with Crippen molar-refractivity contribution in [2.75, 3.05) is 5.75 Å². The van der Waals surface area contributed by atoms with Crippen molar-refractivity contribution in [3.8, 4) is 0 Å². The van der Waals surface area contributed by atoms with Crippen molar-refractivity contribution in [2.24, 2.45) is 5.92 Å². The monoisotopic (exact) mass is 469 g/mol. The standard InChI is InChI=1S/C22H23N5OS3/c1-12-4-7-15-16(9-12)31-21-18(15)20-25-26-22(27(20)19(24-21)13-5-6-13)30-11-17(28)23-10-14-3-2-8-29-14/h2-3,8,12-13H,4-7,9-11H2,1H3,(H,23,28)/t12-/m0/s1. The Bertz CT molecular complexity index is 1270. The van der Waals surface area contributed by atoms with Gasteiger partial charge in [0.25, 0.3) is 0 Å². The summed E-state index contributed by atoms with van der Waals surface area (Å²) in [6.07, 6.45) is 5.78. The molecule has 160 valence electrons. The first kappa shape index (κ1) is 19.7. The highest BCUT2D eigenvalue weighted by Crippen LogP contribution is 2.44. The number of aryl methyl sites for hydroxylation is 1. The topological polar surface area (TPSA) is 72.2 Å². The predicted molar refractivity (Wildman–Crippen MR) is 126 cm³/mol. The molecule has 1 N–H and O–H groups in total. The van der Waals surface area contributed by atoms with E-state index in [4.69, 9.17) is 4.98 Å². The third-order valence-corrected chi connectivity index (χ3v) is 9.06. The molecule has 9 heteroatoms. The van der Waals surface area contributed by atoms with Gasteiger partial charge in [0.1, 0.15) is 10.7 Å². The smallest absolute Gasteiger partial charge is 0.230 e. The van der Waals surface area contributed by atoms with Gasteiger partial charge in [-0.1, -0.05) is 24.8 Å². The Morgan fingerprint density at radius 1 is 1.32 bits per heavy atom. The first-order valence-electron chi connectivity index (χ1n) is 10.8. The van der Waals surface area contributed by atoms with Gasteiger partial charge < -0.3 is 5.32 Å². The molecule has 0 spiro atoms. The summed E-state index contributed by atoms with van der Waals surface area (Å²) in [6, 6.07) is 4.03. The summed E-state index contributed by atoms with van der Waals surface area (Å²) in [5, 5.41) is 16.1. The maximum atomic E-state index is 12.4. The van der Waals surface area contributed by atoms with Gasteiger partial charge >= 0.3 is 0 Å². The van der Waals surface area contributed by atoms with Crippen molar-refractivity contribution in [3.63, 3.8) is 0 Å². The Hall–Kier alpha value is -1.97. The molecule has 4 aromatic rings. The van der Waals surface area contributed by atoms with Crippen LogP contribution in [0.15, 0.2) is 22.7 Å². The molecule has 1 fully saturated rings. The fourth-order valence-electron chi connectivity index (χ4n) is 4.33. The zero-order valence-electron chi connectivity index (χ0n) is 17.3. The van der Waals surface area contributed by atoms with E-state index in [1.54, 1.807) is 11.3 Å². The van der Waals surface area contributed by atoms with E-state index < -0.39 is 0 Å². The third-order valence-electron chi connectivity index (χ3n) is 6.11. The Kier molecular flexibility index (Phi) is 5.00. The lowest BCUT2D eigenvalue weighted by Crippen LogP contribution is -2.24. The average molecular weight is 470 g/mol. The van der Waals surface area contributed by atoms with Crippen LogP contribution in [0.1, 0.15) is 53.2 Å². The molecule has 0 bridgehead atoms. The van der Waals surface area contributed by atoms with Gasteiger partial charge in [-0.2, -0.15) is 0 Å². The van der Waals surface area contributed by atoms with Gasteiger partial charge in [-0.3, -0.25) is 9.20 Å². The zero-order valence-corrected chi connectivity index (χ0v) is 19.7. The summed E-state index contributed by atoms with van der Waals surface area (Å²) in [6.45, 7) is 2.91. The minimum Gasteiger partial charge on any atom is -0.350 e. The van der Waals surface area contributed by atoms with E-state index in [1.165, 1.54) is 46.9 Å². The molecule has 4 aromatic heterocycles. The van der Waals surface area contributed by atoms with Crippen molar-refractivity contribution in [2.45, 2.75) is 56.6 Å². The molecule has 0 saturated heterocycles. The minimum atomic E-state index is 0.0130. The highest BCUT2D eigenvalue weighted by Gasteiger charge is 2.32.